The molecule has 0 radical (unpaired) electrons. The fourth-order valence-corrected chi connectivity index (χ4v) is 3.48. The molecule has 1 aliphatic rings. The molecular formula is C22H27N3O3. The monoisotopic (exact) mass is 381 g/mol. The number of likely N-dealkylation sites (tertiary alicyclic amines) is 1. The zero-order valence-corrected chi connectivity index (χ0v) is 16.4. The Morgan fingerprint density at radius 1 is 1.21 bits per heavy atom. The van der Waals surface area contributed by atoms with Gasteiger partial charge in [0.2, 0.25) is 0 Å². The summed E-state index contributed by atoms with van der Waals surface area (Å²) in [6.45, 7) is 4.64. The number of hydrogen-bond donors (Lipinski definition) is 2. The highest BCUT2D eigenvalue weighted by molar-refractivity contribution is 5.94. The van der Waals surface area contributed by atoms with Crippen molar-refractivity contribution in [2.24, 2.45) is 11.7 Å². The van der Waals surface area contributed by atoms with Crippen molar-refractivity contribution >= 4 is 11.8 Å². The Labute approximate surface area is 165 Å². The van der Waals surface area contributed by atoms with E-state index in [1.165, 1.54) is 0 Å². The van der Waals surface area contributed by atoms with Gasteiger partial charge in [0.15, 0.2) is 6.61 Å². The van der Waals surface area contributed by atoms with Crippen LogP contribution in [-0.2, 0) is 4.79 Å². The molecule has 2 amide bonds. The van der Waals surface area contributed by atoms with E-state index in [-0.39, 0.29) is 12.5 Å². The van der Waals surface area contributed by atoms with Gasteiger partial charge in [0.25, 0.3) is 11.8 Å². The summed E-state index contributed by atoms with van der Waals surface area (Å²) < 4.78 is 5.53. The Kier molecular flexibility index (Phi) is 6.31. The average Bonchev–Trinajstić information content (AvgIpc) is 3.10. The number of nitrogens with two attached hydrogens (primary N) is 1. The molecule has 6 heteroatoms. The number of primary amides is 1. The molecule has 148 valence electrons. The van der Waals surface area contributed by atoms with E-state index < -0.39 is 5.91 Å². The highest BCUT2D eigenvalue weighted by atomic mass is 16.5. The summed E-state index contributed by atoms with van der Waals surface area (Å²) in [5.41, 5.74) is 8.66. The molecule has 0 unspecified atom stereocenters. The number of hydrogen-bond acceptors (Lipinski definition) is 4. The predicted molar refractivity (Wildman–Crippen MR) is 109 cm³/mol. The van der Waals surface area contributed by atoms with Crippen molar-refractivity contribution in [1.29, 1.82) is 0 Å². The molecule has 1 heterocycles. The first kappa shape index (κ1) is 19.9. The largest absolute Gasteiger partial charge is 0.483 e. The van der Waals surface area contributed by atoms with Crippen LogP contribution in [0.25, 0.3) is 11.1 Å². The van der Waals surface area contributed by atoms with Crippen LogP contribution in [0.3, 0.4) is 0 Å². The number of benzene rings is 2. The number of rotatable bonds is 7. The minimum Gasteiger partial charge on any atom is -0.483 e. The van der Waals surface area contributed by atoms with Gasteiger partial charge in [0.05, 0.1) is 0 Å². The second-order valence-corrected chi connectivity index (χ2v) is 7.46. The molecule has 6 nitrogen and oxygen atoms in total. The Morgan fingerprint density at radius 3 is 2.61 bits per heavy atom. The van der Waals surface area contributed by atoms with E-state index in [1.54, 1.807) is 0 Å². The van der Waals surface area contributed by atoms with Crippen LogP contribution in [0.4, 0.5) is 0 Å². The van der Waals surface area contributed by atoms with Gasteiger partial charge in [-0.1, -0.05) is 23.8 Å². The Hall–Kier alpha value is -2.86. The smallest absolute Gasteiger partial charge is 0.255 e. The van der Waals surface area contributed by atoms with Crippen molar-refractivity contribution in [3.05, 3.63) is 53.6 Å². The van der Waals surface area contributed by atoms with E-state index in [2.05, 4.69) is 17.3 Å². The van der Waals surface area contributed by atoms with Crippen molar-refractivity contribution in [2.45, 2.75) is 13.3 Å². The van der Waals surface area contributed by atoms with E-state index in [1.807, 2.05) is 49.4 Å². The lowest BCUT2D eigenvalue weighted by Gasteiger charge is -2.13. The Morgan fingerprint density at radius 2 is 1.96 bits per heavy atom. The molecular weight excluding hydrogens is 354 g/mol. The lowest BCUT2D eigenvalue weighted by Crippen LogP contribution is -2.30. The number of ether oxygens (including phenoxy) is 1. The van der Waals surface area contributed by atoms with Gasteiger partial charge in [-0.2, -0.15) is 0 Å². The molecule has 0 saturated carbocycles. The Balaban J connectivity index is 1.69. The van der Waals surface area contributed by atoms with Gasteiger partial charge in [0.1, 0.15) is 5.75 Å². The van der Waals surface area contributed by atoms with Crippen molar-refractivity contribution in [3.63, 3.8) is 0 Å². The van der Waals surface area contributed by atoms with Gasteiger partial charge in [-0.05, 0) is 62.7 Å². The minimum absolute atomic E-state index is 0.0597. The van der Waals surface area contributed by atoms with Crippen molar-refractivity contribution in [3.8, 4) is 16.9 Å². The lowest BCUT2D eigenvalue weighted by atomic mass is 10.0. The van der Waals surface area contributed by atoms with Crippen molar-refractivity contribution in [1.82, 2.24) is 10.2 Å². The third-order valence-electron chi connectivity index (χ3n) is 5.00. The predicted octanol–water partition coefficient (Wildman–Crippen LogP) is 2.21. The Bertz CT molecular complexity index is 849. The molecule has 0 aliphatic carbocycles. The topological polar surface area (TPSA) is 84.7 Å². The molecule has 1 saturated heterocycles. The van der Waals surface area contributed by atoms with Gasteiger partial charge in [-0.15, -0.1) is 0 Å². The first-order valence-corrected chi connectivity index (χ1v) is 9.51. The number of nitrogens with zero attached hydrogens (tertiary/aromatic N) is 1. The van der Waals surface area contributed by atoms with Crippen LogP contribution in [0.5, 0.6) is 5.75 Å². The van der Waals surface area contributed by atoms with Crippen LogP contribution in [0.2, 0.25) is 0 Å². The summed E-state index contributed by atoms with van der Waals surface area (Å²) in [6, 6.07) is 13.1. The van der Waals surface area contributed by atoms with Gasteiger partial charge in [-0.3, -0.25) is 9.59 Å². The molecule has 28 heavy (non-hydrogen) atoms. The minimum atomic E-state index is -0.521. The van der Waals surface area contributed by atoms with E-state index in [4.69, 9.17) is 10.5 Å². The van der Waals surface area contributed by atoms with Gasteiger partial charge in [-0.25, -0.2) is 0 Å². The molecule has 0 aromatic heterocycles. The van der Waals surface area contributed by atoms with Crippen LogP contribution in [0.15, 0.2) is 42.5 Å². The van der Waals surface area contributed by atoms with Crippen LogP contribution in [-0.4, -0.2) is 50.0 Å². The molecule has 1 fully saturated rings. The van der Waals surface area contributed by atoms with Crippen LogP contribution >= 0.6 is 0 Å². The summed E-state index contributed by atoms with van der Waals surface area (Å²) in [4.78, 5) is 25.7. The maximum atomic E-state index is 12.4. The molecule has 3 N–H and O–H groups in total. The first-order valence-electron chi connectivity index (χ1n) is 9.51. The standard InChI is InChI=1S/C22H27N3O3/c1-15-3-8-20(28-14-21(23)26)19(11-15)17-4-6-18(7-5-17)22(27)24-12-16-9-10-25(2)13-16/h3-8,11,16H,9-10,12-14H2,1-2H3,(H2,23,26)(H,24,27)/t16-/m1/s1. The maximum absolute atomic E-state index is 12.4. The number of carbonyl (C=O) groups is 2. The van der Waals surface area contributed by atoms with Crippen molar-refractivity contribution < 1.29 is 14.3 Å². The molecule has 0 bridgehead atoms. The van der Waals surface area contributed by atoms with Crippen LogP contribution in [0, 0.1) is 12.8 Å². The van der Waals surface area contributed by atoms with Gasteiger partial charge >= 0.3 is 0 Å². The highest BCUT2D eigenvalue weighted by Gasteiger charge is 2.20. The average molecular weight is 381 g/mol. The van der Waals surface area contributed by atoms with Gasteiger partial charge in [0, 0.05) is 24.2 Å². The fraction of sp³-hybridized carbons (Fsp3) is 0.364. The third-order valence-corrected chi connectivity index (χ3v) is 5.00. The summed E-state index contributed by atoms with van der Waals surface area (Å²) in [7, 11) is 2.10. The van der Waals surface area contributed by atoms with E-state index in [0.717, 1.165) is 36.2 Å². The number of nitrogens with one attached hydrogen (secondary N) is 1. The quantitative estimate of drug-likeness (QED) is 0.770. The molecule has 1 atom stereocenters. The van der Waals surface area contributed by atoms with Gasteiger partial charge < -0.3 is 20.7 Å². The normalized spacial score (nSPS) is 16.7. The molecule has 0 spiro atoms. The summed E-state index contributed by atoms with van der Waals surface area (Å²) >= 11 is 0. The second-order valence-electron chi connectivity index (χ2n) is 7.46. The lowest BCUT2D eigenvalue weighted by molar-refractivity contribution is -0.119. The molecule has 2 aromatic carbocycles. The maximum Gasteiger partial charge on any atom is 0.255 e. The summed E-state index contributed by atoms with van der Waals surface area (Å²) in [5.74, 6) is 0.528. The second kappa shape index (κ2) is 8.89. The van der Waals surface area contributed by atoms with Crippen LogP contribution in [0.1, 0.15) is 22.3 Å². The molecule has 1 aliphatic heterocycles. The zero-order chi connectivity index (χ0) is 20.1. The molecule has 3 rings (SSSR count). The van der Waals surface area contributed by atoms with Crippen LogP contribution < -0.4 is 15.8 Å². The number of carbonyl (C=O) groups excluding carboxylic acids is 2. The van der Waals surface area contributed by atoms with E-state index >= 15 is 0 Å². The summed E-state index contributed by atoms with van der Waals surface area (Å²) in [6.07, 6.45) is 1.12. The molecule has 2 aromatic rings. The third kappa shape index (κ3) is 5.10. The number of aryl methyl sites for hydroxylation is 1. The van der Waals surface area contributed by atoms with E-state index in [9.17, 15) is 9.59 Å². The SMILES string of the molecule is Cc1ccc(OCC(N)=O)c(-c2ccc(C(=O)NC[C@H]3CCN(C)C3)cc2)c1. The summed E-state index contributed by atoms with van der Waals surface area (Å²) in [5, 5.41) is 3.03. The van der Waals surface area contributed by atoms with Crippen molar-refractivity contribution in [2.75, 3.05) is 33.3 Å². The number of amides is 2. The highest BCUT2D eigenvalue weighted by Crippen LogP contribution is 2.31. The fourth-order valence-electron chi connectivity index (χ4n) is 3.48. The van der Waals surface area contributed by atoms with E-state index in [0.29, 0.717) is 23.8 Å². The zero-order valence-electron chi connectivity index (χ0n) is 16.4. The first-order chi connectivity index (χ1) is 13.4.